The Balaban J connectivity index is 0.000000310. The molecule has 0 aromatic heterocycles. The van der Waals surface area contributed by atoms with Gasteiger partial charge in [0.2, 0.25) is 15.9 Å². The van der Waals surface area contributed by atoms with Crippen molar-refractivity contribution < 1.29 is 18.0 Å². The Kier molecular flexibility index (Phi) is 12.2. The van der Waals surface area contributed by atoms with Crippen LogP contribution in [0.25, 0.3) is 0 Å². The Morgan fingerprint density at radius 3 is 2.32 bits per heavy atom. The van der Waals surface area contributed by atoms with Gasteiger partial charge in [0.25, 0.3) is 0 Å². The molecule has 8 nitrogen and oxygen atoms in total. The Hall–Kier alpha value is -1.81. The number of hydrogen-bond acceptors (Lipinski definition) is 6. The van der Waals surface area contributed by atoms with Gasteiger partial charge in [-0.25, -0.2) is 13.1 Å². The summed E-state index contributed by atoms with van der Waals surface area (Å²) in [7, 11) is -1.51. The summed E-state index contributed by atoms with van der Waals surface area (Å²) < 4.78 is 26.5. The number of amides is 1. The Morgan fingerprint density at radius 2 is 1.76 bits per heavy atom. The van der Waals surface area contributed by atoms with Crippen molar-refractivity contribution in [3.63, 3.8) is 0 Å². The van der Waals surface area contributed by atoms with Crippen LogP contribution in [0.15, 0.2) is 24.3 Å². The number of carbonyl (C=O) groups is 2. The first-order valence-electron chi connectivity index (χ1n) is 12.5. The number of hydrogen-bond donors (Lipinski definition) is 3. The van der Waals surface area contributed by atoms with Gasteiger partial charge in [-0.15, -0.1) is 0 Å². The first-order chi connectivity index (χ1) is 16.3. The minimum Gasteiger partial charge on any atom is -0.332 e. The van der Waals surface area contributed by atoms with Crippen LogP contribution >= 0.6 is 0 Å². The quantitative estimate of drug-likeness (QED) is 0.429. The van der Waals surface area contributed by atoms with Crippen LogP contribution in [0.1, 0.15) is 69.4 Å². The van der Waals surface area contributed by atoms with Crippen molar-refractivity contribution >= 4 is 22.2 Å². The molecule has 2 fully saturated rings. The molecule has 0 bridgehead atoms. The highest BCUT2D eigenvalue weighted by molar-refractivity contribution is 7.89. The monoisotopic (exact) mass is 494 g/mol. The minimum absolute atomic E-state index is 0.0431. The molecule has 1 unspecified atom stereocenters. The predicted octanol–water partition coefficient (Wildman–Crippen LogP) is 2.32. The highest BCUT2D eigenvalue weighted by Crippen LogP contribution is 2.28. The highest BCUT2D eigenvalue weighted by atomic mass is 32.2. The van der Waals surface area contributed by atoms with Crippen LogP contribution in [0.3, 0.4) is 0 Å². The van der Waals surface area contributed by atoms with Gasteiger partial charge in [-0.3, -0.25) is 4.79 Å². The van der Waals surface area contributed by atoms with Gasteiger partial charge < -0.3 is 20.7 Å². The molecule has 1 aromatic carbocycles. The van der Waals surface area contributed by atoms with E-state index < -0.39 is 22.1 Å². The van der Waals surface area contributed by atoms with Gasteiger partial charge in [0.05, 0.1) is 11.8 Å². The van der Waals surface area contributed by atoms with Crippen LogP contribution in [0.4, 0.5) is 0 Å². The number of benzene rings is 1. The number of aldehydes is 1. The molecule has 34 heavy (non-hydrogen) atoms. The maximum atomic E-state index is 12.8. The zero-order valence-electron chi connectivity index (χ0n) is 20.7. The van der Waals surface area contributed by atoms with Crippen LogP contribution in [0.5, 0.6) is 0 Å². The summed E-state index contributed by atoms with van der Waals surface area (Å²) in [6.07, 6.45) is 8.42. The van der Waals surface area contributed by atoms with Crippen molar-refractivity contribution in [1.29, 1.82) is 0 Å². The van der Waals surface area contributed by atoms with E-state index in [1.54, 1.807) is 11.8 Å². The lowest BCUT2D eigenvalue weighted by atomic mass is 9.84. The van der Waals surface area contributed by atoms with Crippen molar-refractivity contribution in [2.45, 2.75) is 83.5 Å². The summed E-state index contributed by atoms with van der Waals surface area (Å²) in [5.41, 5.74) is 7.94. The molecule has 3 rings (SSSR count). The topological polar surface area (TPSA) is 122 Å². The van der Waals surface area contributed by atoms with Crippen LogP contribution < -0.4 is 15.8 Å². The lowest BCUT2D eigenvalue weighted by Gasteiger charge is -2.30. The fourth-order valence-corrected chi connectivity index (χ4v) is 5.46. The van der Waals surface area contributed by atoms with E-state index in [9.17, 15) is 18.0 Å². The lowest BCUT2D eigenvalue weighted by molar-refractivity contribution is -0.136. The molecule has 0 spiro atoms. The average Bonchev–Trinajstić information content (AvgIpc) is 3.34. The highest BCUT2D eigenvalue weighted by Gasteiger charge is 2.35. The summed E-state index contributed by atoms with van der Waals surface area (Å²) in [6, 6.07) is 7.18. The van der Waals surface area contributed by atoms with Gasteiger partial charge in [-0.2, -0.15) is 0 Å². The fraction of sp³-hybridized carbons (Fsp3) is 0.680. The van der Waals surface area contributed by atoms with Crippen molar-refractivity contribution in [3.05, 3.63) is 35.4 Å². The van der Waals surface area contributed by atoms with Crippen LogP contribution in [-0.2, 0) is 32.7 Å². The number of carbonyl (C=O) groups excluding carboxylic acids is 2. The molecule has 2 atom stereocenters. The van der Waals surface area contributed by atoms with Gasteiger partial charge in [0, 0.05) is 19.6 Å². The van der Waals surface area contributed by atoms with Gasteiger partial charge in [-0.1, -0.05) is 56.4 Å². The van der Waals surface area contributed by atoms with Crippen LogP contribution in [0.2, 0.25) is 0 Å². The van der Waals surface area contributed by atoms with E-state index in [0.29, 0.717) is 31.8 Å². The Labute approximate surface area is 205 Å². The maximum absolute atomic E-state index is 12.8. The summed E-state index contributed by atoms with van der Waals surface area (Å²) in [4.78, 5) is 25.5. The number of nitrogens with two attached hydrogens (primary N) is 1. The molecule has 1 saturated carbocycles. The normalized spacial score (nSPS) is 19.9. The largest absolute Gasteiger partial charge is 0.332 e. The van der Waals surface area contributed by atoms with Crippen LogP contribution in [0, 0.1) is 5.92 Å². The first-order valence-corrected chi connectivity index (χ1v) is 14.2. The van der Waals surface area contributed by atoms with E-state index in [0.717, 1.165) is 44.9 Å². The summed E-state index contributed by atoms with van der Waals surface area (Å²) >= 11 is 0. The van der Waals surface area contributed by atoms with Gasteiger partial charge in [-0.05, 0) is 50.3 Å². The molecule has 1 aromatic rings. The van der Waals surface area contributed by atoms with E-state index >= 15 is 0 Å². The summed E-state index contributed by atoms with van der Waals surface area (Å²) in [5, 5.41) is 3.09. The van der Waals surface area contributed by atoms with Crippen molar-refractivity contribution in [1.82, 2.24) is 14.9 Å². The molecule has 0 radical (unpaired) electrons. The Morgan fingerprint density at radius 1 is 1.12 bits per heavy atom. The second-order valence-corrected chi connectivity index (χ2v) is 11.3. The molecule has 1 aliphatic heterocycles. The van der Waals surface area contributed by atoms with E-state index in [4.69, 9.17) is 5.73 Å². The molecular formula is C25H42N4O4S. The maximum Gasteiger partial charge on any atom is 0.241 e. The molecule has 192 valence electrons. The molecule has 1 heterocycles. The number of rotatable bonds is 10. The summed E-state index contributed by atoms with van der Waals surface area (Å²) in [6.45, 7) is 3.65. The third kappa shape index (κ3) is 9.09. The minimum atomic E-state index is -3.45. The van der Waals surface area contributed by atoms with Crippen molar-refractivity contribution in [3.8, 4) is 0 Å². The molecule has 1 amide bonds. The van der Waals surface area contributed by atoms with E-state index in [-0.39, 0.29) is 11.7 Å². The van der Waals surface area contributed by atoms with Gasteiger partial charge in [0.1, 0.15) is 12.3 Å². The molecule has 9 heteroatoms. The number of sulfonamides is 1. The van der Waals surface area contributed by atoms with E-state index in [1.807, 2.05) is 7.05 Å². The van der Waals surface area contributed by atoms with Gasteiger partial charge in [0.15, 0.2) is 0 Å². The predicted molar refractivity (Wildman–Crippen MR) is 135 cm³/mol. The summed E-state index contributed by atoms with van der Waals surface area (Å²) in [5.74, 6) is 0.107. The van der Waals surface area contributed by atoms with Crippen molar-refractivity contribution in [2.24, 2.45) is 11.7 Å². The SMILES string of the molecule is CCS(=O)(=O)NC(CC1CCCCC1)C(=O)N1CCC[C@H]1C=O.CNCc1ccc(CN)cc1. The fourth-order valence-electron chi connectivity index (χ4n) is 4.66. The van der Waals surface area contributed by atoms with Crippen LogP contribution in [-0.4, -0.2) is 56.9 Å². The van der Waals surface area contributed by atoms with E-state index in [2.05, 4.69) is 34.3 Å². The lowest BCUT2D eigenvalue weighted by Crippen LogP contribution is -2.51. The third-order valence-electron chi connectivity index (χ3n) is 6.67. The standard InChI is InChI=1S/C16H28N2O4S.C9H14N2/c1-2-23(21,22)17-15(11-13-7-4-3-5-8-13)16(20)18-10-6-9-14(18)12-19;1-11-7-9-4-2-8(6-10)3-5-9/h12-15,17H,2-11H2,1H3;2-5,11H,6-7,10H2,1H3/t14-,15?;/m0./s1. The molecule has 4 N–H and O–H groups in total. The molecule has 1 saturated heterocycles. The molecule has 1 aliphatic carbocycles. The zero-order valence-corrected chi connectivity index (χ0v) is 21.5. The smallest absolute Gasteiger partial charge is 0.241 e. The second-order valence-electron chi connectivity index (χ2n) is 9.24. The van der Waals surface area contributed by atoms with Gasteiger partial charge >= 0.3 is 0 Å². The third-order valence-corrected chi connectivity index (χ3v) is 8.08. The average molecular weight is 495 g/mol. The molecule has 2 aliphatic rings. The number of nitrogens with one attached hydrogen (secondary N) is 2. The number of likely N-dealkylation sites (tertiary alicyclic amines) is 1. The molecular weight excluding hydrogens is 452 g/mol. The Bertz CT molecular complexity index is 854. The first kappa shape index (κ1) is 28.4. The van der Waals surface area contributed by atoms with Crippen molar-refractivity contribution in [2.75, 3.05) is 19.3 Å². The zero-order chi connectivity index (χ0) is 25.0. The van der Waals surface area contributed by atoms with E-state index in [1.165, 1.54) is 17.5 Å². The second kappa shape index (κ2) is 14.6. The number of nitrogens with zero attached hydrogens (tertiary/aromatic N) is 1.